The van der Waals surface area contributed by atoms with Crippen LogP contribution in [-0.4, -0.2) is 46.9 Å². The standard InChI is InChI=1S/C18H21N5S/c1-15(16-7-3-2-4-8-16)20-21-18(24)23-13-11-22(12-14-23)17-9-5-6-10-19-17/h2-10H,11-14H2,1H3,(H,21,24)/b20-15-. The Labute approximate surface area is 148 Å². The second-order valence-electron chi connectivity index (χ2n) is 5.64. The van der Waals surface area contributed by atoms with E-state index in [0.717, 1.165) is 43.3 Å². The normalized spacial score (nSPS) is 15.3. The largest absolute Gasteiger partial charge is 0.353 e. The molecule has 2 heterocycles. The molecule has 0 spiro atoms. The van der Waals surface area contributed by atoms with Crippen molar-refractivity contribution >= 4 is 28.9 Å². The second-order valence-corrected chi connectivity index (χ2v) is 6.03. The van der Waals surface area contributed by atoms with Gasteiger partial charge in [0.15, 0.2) is 5.11 Å². The Morgan fingerprint density at radius 3 is 2.42 bits per heavy atom. The molecule has 1 fully saturated rings. The van der Waals surface area contributed by atoms with Crippen LogP contribution in [0.4, 0.5) is 5.82 Å². The molecule has 0 radical (unpaired) electrons. The van der Waals surface area contributed by atoms with E-state index in [0.29, 0.717) is 5.11 Å². The summed E-state index contributed by atoms with van der Waals surface area (Å²) in [6.45, 7) is 5.51. The van der Waals surface area contributed by atoms with Crippen LogP contribution in [0, 0.1) is 0 Å². The fourth-order valence-corrected chi connectivity index (χ4v) is 2.85. The van der Waals surface area contributed by atoms with Crippen LogP contribution in [0.25, 0.3) is 0 Å². The van der Waals surface area contributed by atoms with E-state index >= 15 is 0 Å². The zero-order valence-electron chi connectivity index (χ0n) is 13.7. The molecule has 2 aromatic rings. The minimum absolute atomic E-state index is 0.672. The Bertz CT molecular complexity index is 694. The van der Waals surface area contributed by atoms with Gasteiger partial charge in [0.25, 0.3) is 0 Å². The minimum atomic E-state index is 0.672. The van der Waals surface area contributed by atoms with Crippen molar-refractivity contribution in [2.45, 2.75) is 6.92 Å². The van der Waals surface area contributed by atoms with Crippen LogP contribution in [-0.2, 0) is 0 Å². The molecule has 0 aliphatic carbocycles. The van der Waals surface area contributed by atoms with E-state index in [1.165, 1.54) is 0 Å². The van der Waals surface area contributed by atoms with Gasteiger partial charge in [0.05, 0.1) is 5.71 Å². The number of nitrogens with zero attached hydrogens (tertiary/aromatic N) is 4. The average Bonchev–Trinajstić information content (AvgIpc) is 2.67. The highest BCUT2D eigenvalue weighted by Gasteiger charge is 2.19. The first kappa shape index (κ1) is 16.4. The number of benzene rings is 1. The van der Waals surface area contributed by atoms with Gasteiger partial charge < -0.3 is 9.80 Å². The molecule has 0 unspecified atom stereocenters. The third-order valence-electron chi connectivity index (χ3n) is 4.05. The summed E-state index contributed by atoms with van der Waals surface area (Å²) in [4.78, 5) is 8.83. The Balaban J connectivity index is 1.52. The molecular formula is C18H21N5S. The molecule has 24 heavy (non-hydrogen) atoms. The predicted molar refractivity (Wildman–Crippen MR) is 102 cm³/mol. The van der Waals surface area contributed by atoms with E-state index in [2.05, 4.69) is 25.3 Å². The zero-order chi connectivity index (χ0) is 16.8. The molecule has 0 amide bonds. The van der Waals surface area contributed by atoms with Gasteiger partial charge in [-0.25, -0.2) is 4.98 Å². The topological polar surface area (TPSA) is 43.8 Å². The summed E-state index contributed by atoms with van der Waals surface area (Å²) in [5.74, 6) is 1.02. The molecule has 0 bridgehead atoms. The molecule has 124 valence electrons. The van der Waals surface area contributed by atoms with Crippen LogP contribution in [0.15, 0.2) is 59.8 Å². The smallest absolute Gasteiger partial charge is 0.189 e. The van der Waals surface area contributed by atoms with Crippen LogP contribution >= 0.6 is 12.2 Å². The number of rotatable bonds is 3. The summed E-state index contributed by atoms with van der Waals surface area (Å²) in [6.07, 6.45) is 1.83. The van der Waals surface area contributed by atoms with E-state index in [1.807, 2.05) is 61.7 Å². The summed E-state index contributed by atoms with van der Waals surface area (Å²) < 4.78 is 0. The highest BCUT2D eigenvalue weighted by molar-refractivity contribution is 7.80. The van der Waals surface area contributed by atoms with Crippen molar-refractivity contribution < 1.29 is 0 Å². The Morgan fingerprint density at radius 2 is 1.75 bits per heavy atom. The van der Waals surface area contributed by atoms with Crippen LogP contribution < -0.4 is 10.3 Å². The molecule has 3 rings (SSSR count). The lowest BCUT2D eigenvalue weighted by molar-refractivity contribution is 0.380. The van der Waals surface area contributed by atoms with Crippen LogP contribution in [0.1, 0.15) is 12.5 Å². The van der Waals surface area contributed by atoms with Crippen LogP contribution in [0.3, 0.4) is 0 Å². The lowest BCUT2D eigenvalue weighted by Crippen LogP contribution is -2.51. The van der Waals surface area contributed by atoms with Crippen molar-refractivity contribution in [1.82, 2.24) is 15.3 Å². The predicted octanol–water partition coefficient (Wildman–Crippen LogP) is 2.50. The van der Waals surface area contributed by atoms with Crippen LogP contribution in [0.5, 0.6) is 0 Å². The van der Waals surface area contributed by atoms with E-state index in [4.69, 9.17) is 12.2 Å². The fourth-order valence-electron chi connectivity index (χ4n) is 2.63. The Hall–Kier alpha value is -2.47. The second kappa shape index (κ2) is 7.88. The van der Waals surface area contributed by atoms with Gasteiger partial charge in [-0.2, -0.15) is 5.10 Å². The molecule has 1 aliphatic rings. The quantitative estimate of drug-likeness (QED) is 0.529. The van der Waals surface area contributed by atoms with Crippen molar-refractivity contribution in [2.24, 2.45) is 5.10 Å². The third-order valence-corrected chi connectivity index (χ3v) is 4.40. The van der Waals surface area contributed by atoms with Gasteiger partial charge in [-0.1, -0.05) is 36.4 Å². The maximum absolute atomic E-state index is 5.47. The molecule has 5 nitrogen and oxygen atoms in total. The van der Waals surface area contributed by atoms with Gasteiger partial charge in [-0.15, -0.1) is 0 Å². The van der Waals surface area contributed by atoms with Gasteiger partial charge in [0.1, 0.15) is 5.82 Å². The number of thiocarbonyl (C=S) groups is 1. The summed E-state index contributed by atoms with van der Waals surface area (Å²) >= 11 is 5.47. The van der Waals surface area contributed by atoms with E-state index in [-0.39, 0.29) is 0 Å². The average molecular weight is 339 g/mol. The summed E-state index contributed by atoms with van der Waals surface area (Å²) in [5, 5.41) is 5.08. The zero-order valence-corrected chi connectivity index (χ0v) is 14.5. The molecule has 1 aliphatic heterocycles. The molecule has 1 saturated heterocycles. The van der Waals surface area contributed by atoms with Crippen molar-refractivity contribution in [1.29, 1.82) is 0 Å². The van der Waals surface area contributed by atoms with E-state index in [9.17, 15) is 0 Å². The lowest BCUT2D eigenvalue weighted by Gasteiger charge is -2.36. The molecule has 0 saturated carbocycles. The first-order valence-corrected chi connectivity index (χ1v) is 8.45. The number of pyridine rings is 1. The molecular weight excluding hydrogens is 318 g/mol. The van der Waals surface area contributed by atoms with Crippen molar-refractivity contribution in [2.75, 3.05) is 31.1 Å². The summed E-state index contributed by atoms with van der Waals surface area (Å²) in [5.41, 5.74) is 5.03. The number of aromatic nitrogens is 1. The monoisotopic (exact) mass is 339 g/mol. The fraction of sp³-hybridized carbons (Fsp3) is 0.278. The number of nitrogens with one attached hydrogen (secondary N) is 1. The maximum Gasteiger partial charge on any atom is 0.189 e. The molecule has 1 aromatic heterocycles. The van der Waals surface area contributed by atoms with Crippen molar-refractivity contribution in [3.63, 3.8) is 0 Å². The highest BCUT2D eigenvalue weighted by Crippen LogP contribution is 2.12. The van der Waals surface area contributed by atoms with Gasteiger partial charge in [0.2, 0.25) is 0 Å². The SMILES string of the molecule is C/C(=N/NC(=S)N1CCN(c2ccccn2)CC1)c1ccccc1. The lowest BCUT2D eigenvalue weighted by atomic mass is 10.1. The third kappa shape index (κ3) is 4.08. The first-order chi connectivity index (χ1) is 11.7. The number of anilines is 1. The number of piperazine rings is 1. The van der Waals surface area contributed by atoms with Gasteiger partial charge >= 0.3 is 0 Å². The van der Waals surface area contributed by atoms with Crippen LogP contribution in [0.2, 0.25) is 0 Å². The van der Waals surface area contributed by atoms with Crippen molar-refractivity contribution in [3.05, 3.63) is 60.3 Å². The Kier molecular flexibility index (Phi) is 5.38. The molecule has 6 heteroatoms. The molecule has 1 N–H and O–H groups in total. The molecule has 1 aromatic carbocycles. The minimum Gasteiger partial charge on any atom is -0.353 e. The van der Waals surface area contributed by atoms with Gasteiger partial charge in [-0.3, -0.25) is 5.43 Å². The summed E-state index contributed by atoms with van der Waals surface area (Å²) in [6, 6.07) is 16.1. The first-order valence-electron chi connectivity index (χ1n) is 8.04. The molecule has 0 atom stereocenters. The number of hydrogen-bond acceptors (Lipinski definition) is 4. The summed E-state index contributed by atoms with van der Waals surface area (Å²) in [7, 11) is 0. The van der Waals surface area contributed by atoms with Gasteiger partial charge in [0, 0.05) is 32.4 Å². The highest BCUT2D eigenvalue weighted by atomic mass is 32.1. The van der Waals surface area contributed by atoms with E-state index in [1.54, 1.807) is 0 Å². The number of hydrogen-bond donors (Lipinski definition) is 1. The Morgan fingerprint density at radius 1 is 1.04 bits per heavy atom. The van der Waals surface area contributed by atoms with Crippen molar-refractivity contribution in [3.8, 4) is 0 Å². The van der Waals surface area contributed by atoms with E-state index < -0.39 is 0 Å². The number of hydrazone groups is 1. The van der Waals surface area contributed by atoms with Gasteiger partial charge in [-0.05, 0) is 36.8 Å². The maximum atomic E-state index is 5.47.